The molecule has 2 aliphatic heterocycles. The summed E-state index contributed by atoms with van der Waals surface area (Å²) in [4.78, 5) is 28.4. The van der Waals surface area contributed by atoms with Gasteiger partial charge in [0, 0.05) is 50.1 Å². The average Bonchev–Trinajstić information content (AvgIpc) is 3.08. The van der Waals surface area contributed by atoms with Gasteiger partial charge in [0.25, 0.3) is 5.91 Å². The molecule has 2 saturated heterocycles. The van der Waals surface area contributed by atoms with Crippen LogP contribution in [0.3, 0.4) is 0 Å². The number of halogens is 2. The first-order valence-electron chi connectivity index (χ1n) is 12.8. The first kappa shape index (κ1) is 26.0. The van der Waals surface area contributed by atoms with E-state index in [0.717, 1.165) is 31.2 Å². The molecule has 7 nitrogen and oxygen atoms in total. The lowest BCUT2D eigenvalue weighted by molar-refractivity contribution is -0.143. The van der Waals surface area contributed by atoms with Crippen molar-refractivity contribution in [3.63, 3.8) is 0 Å². The van der Waals surface area contributed by atoms with Crippen LogP contribution < -0.4 is 5.73 Å². The summed E-state index contributed by atoms with van der Waals surface area (Å²) < 4.78 is 27.1. The monoisotopic (exact) mass is 493 g/mol. The van der Waals surface area contributed by atoms with E-state index in [1.165, 1.54) is 0 Å². The van der Waals surface area contributed by atoms with Gasteiger partial charge in [0.05, 0.1) is 6.61 Å². The Morgan fingerprint density at radius 3 is 2.40 bits per heavy atom. The number of carbonyl (C=O) groups is 2. The Kier molecular flexibility index (Phi) is 8.08. The van der Waals surface area contributed by atoms with Crippen molar-refractivity contribution in [1.29, 1.82) is 0 Å². The van der Waals surface area contributed by atoms with Crippen molar-refractivity contribution in [2.45, 2.75) is 81.4 Å². The zero-order chi connectivity index (χ0) is 25.2. The molecule has 194 valence electrons. The highest BCUT2D eigenvalue weighted by Crippen LogP contribution is 2.43. The van der Waals surface area contributed by atoms with Crippen molar-refractivity contribution < 1.29 is 28.6 Å². The molecule has 1 aliphatic carbocycles. The lowest BCUT2D eigenvalue weighted by atomic mass is 9.84. The second kappa shape index (κ2) is 10.9. The van der Waals surface area contributed by atoms with Crippen LogP contribution >= 0.6 is 0 Å². The SMILES string of the molecule is NC(=O)c1cccc(C2C[C@H]3CC[C@@H](C2)N3CCN(CC2CCC(F)(F)CC2)C(=O)[C@@H](O)CO)c1. The number of hydrogen-bond donors (Lipinski definition) is 3. The number of nitrogens with zero attached hydrogens (tertiary/aromatic N) is 2. The fraction of sp³-hybridized carbons (Fsp3) is 0.692. The number of fused-ring (bicyclic) bond motifs is 2. The Hall–Kier alpha value is -2.10. The molecule has 1 aromatic rings. The zero-order valence-electron chi connectivity index (χ0n) is 20.1. The summed E-state index contributed by atoms with van der Waals surface area (Å²) in [5.41, 5.74) is 7.11. The van der Waals surface area contributed by atoms with E-state index in [2.05, 4.69) is 11.0 Å². The highest BCUT2D eigenvalue weighted by molar-refractivity contribution is 5.92. The molecule has 0 aromatic heterocycles. The molecule has 9 heteroatoms. The van der Waals surface area contributed by atoms with Gasteiger partial charge >= 0.3 is 0 Å². The molecule has 0 spiro atoms. The van der Waals surface area contributed by atoms with Gasteiger partial charge in [-0.05, 0) is 68.1 Å². The second-order valence-electron chi connectivity index (χ2n) is 10.6. The normalized spacial score (nSPS) is 27.5. The van der Waals surface area contributed by atoms with Gasteiger partial charge in [-0.25, -0.2) is 8.78 Å². The molecule has 4 rings (SSSR count). The Bertz CT molecular complexity index is 890. The molecule has 0 radical (unpaired) electrons. The van der Waals surface area contributed by atoms with Crippen molar-refractivity contribution in [3.8, 4) is 0 Å². The van der Waals surface area contributed by atoms with E-state index in [4.69, 9.17) is 5.73 Å². The van der Waals surface area contributed by atoms with Crippen LogP contribution in [0, 0.1) is 5.92 Å². The molecular weight excluding hydrogens is 456 g/mol. The van der Waals surface area contributed by atoms with Crippen molar-refractivity contribution in [2.75, 3.05) is 26.2 Å². The summed E-state index contributed by atoms with van der Waals surface area (Å²) in [7, 11) is 0. The van der Waals surface area contributed by atoms with E-state index < -0.39 is 30.4 Å². The Labute approximate surface area is 205 Å². The third-order valence-corrected chi connectivity index (χ3v) is 8.24. The highest BCUT2D eigenvalue weighted by Gasteiger charge is 2.42. The van der Waals surface area contributed by atoms with E-state index in [0.29, 0.717) is 56.0 Å². The first-order valence-corrected chi connectivity index (χ1v) is 12.8. The Morgan fingerprint density at radius 1 is 1.14 bits per heavy atom. The predicted molar refractivity (Wildman–Crippen MR) is 127 cm³/mol. The van der Waals surface area contributed by atoms with E-state index >= 15 is 0 Å². The third-order valence-electron chi connectivity index (χ3n) is 8.24. The molecule has 2 amide bonds. The van der Waals surface area contributed by atoms with Crippen LogP contribution in [0.1, 0.15) is 73.2 Å². The van der Waals surface area contributed by atoms with E-state index in [1.807, 2.05) is 12.1 Å². The molecule has 4 atom stereocenters. The maximum atomic E-state index is 13.6. The van der Waals surface area contributed by atoms with Crippen LogP contribution in [-0.4, -0.2) is 82.2 Å². The summed E-state index contributed by atoms with van der Waals surface area (Å²) in [6.07, 6.45) is 2.95. The number of hydrogen-bond acceptors (Lipinski definition) is 5. The molecule has 1 unspecified atom stereocenters. The topological polar surface area (TPSA) is 107 Å². The number of carbonyl (C=O) groups excluding carboxylic acids is 2. The lowest BCUT2D eigenvalue weighted by Crippen LogP contribution is -2.50. The highest BCUT2D eigenvalue weighted by atomic mass is 19.3. The quantitative estimate of drug-likeness (QED) is 0.490. The Balaban J connectivity index is 1.38. The number of benzene rings is 1. The molecule has 3 fully saturated rings. The van der Waals surface area contributed by atoms with E-state index in [1.54, 1.807) is 11.0 Å². The number of aliphatic hydroxyl groups is 2. The fourth-order valence-electron chi connectivity index (χ4n) is 6.27. The zero-order valence-corrected chi connectivity index (χ0v) is 20.1. The number of amides is 2. The average molecular weight is 494 g/mol. The van der Waals surface area contributed by atoms with Crippen LogP contribution in [0.5, 0.6) is 0 Å². The third kappa shape index (κ3) is 6.19. The van der Waals surface area contributed by atoms with Crippen LogP contribution in [0.4, 0.5) is 8.78 Å². The largest absolute Gasteiger partial charge is 0.393 e. The molecule has 2 bridgehead atoms. The van der Waals surface area contributed by atoms with Gasteiger partial charge in [-0.15, -0.1) is 0 Å². The van der Waals surface area contributed by atoms with Gasteiger partial charge < -0.3 is 20.8 Å². The van der Waals surface area contributed by atoms with Crippen molar-refractivity contribution in [1.82, 2.24) is 9.80 Å². The maximum Gasteiger partial charge on any atom is 0.253 e. The summed E-state index contributed by atoms with van der Waals surface area (Å²) in [5.74, 6) is -3.26. The minimum atomic E-state index is -2.63. The number of rotatable bonds is 9. The van der Waals surface area contributed by atoms with Gasteiger partial charge in [0.1, 0.15) is 0 Å². The maximum absolute atomic E-state index is 13.6. The van der Waals surface area contributed by atoms with Gasteiger partial charge in [-0.2, -0.15) is 0 Å². The molecular formula is C26H37F2N3O4. The fourth-order valence-corrected chi connectivity index (χ4v) is 6.27. The minimum Gasteiger partial charge on any atom is -0.393 e. The number of aliphatic hydroxyl groups excluding tert-OH is 2. The molecule has 3 aliphatic rings. The lowest BCUT2D eigenvalue weighted by Gasteiger charge is -2.41. The van der Waals surface area contributed by atoms with Crippen LogP contribution in [0.2, 0.25) is 0 Å². The van der Waals surface area contributed by atoms with Gasteiger partial charge in [0.2, 0.25) is 11.8 Å². The van der Waals surface area contributed by atoms with Gasteiger partial charge in [0.15, 0.2) is 6.10 Å². The number of piperidine rings is 1. The summed E-state index contributed by atoms with van der Waals surface area (Å²) in [6.45, 7) is 0.727. The van der Waals surface area contributed by atoms with Crippen molar-refractivity contribution >= 4 is 11.8 Å². The smallest absolute Gasteiger partial charge is 0.253 e. The van der Waals surface area contributed by atoms with E-state index in [9.17, 15) is 28.6 Å². The first-order chi connectivity index (χ1) is 16.7. The molecule has 2 heterocycles. The molecule has 4 N–H and O–H groups in total. The van der Waals surface area contributed by atoms with Crippen LogP contribution in [-0.2, 0) is 4.79 Å². The predicted octanol–water partition coefficient (Wildman–Crippen LogP) is 2.50. The standard InChI is InChI=1S/C26H37F2N3O4/c27-26(28)8-6-17(7-9-26)15-30(25(35)23(33)16-32)10-11-31-21-4-5-22(31)14-20(13-21)18-2-1-3-19(12-18)24(29)34/h1-3,12,17,20-23,32-33H,4-11,13-16H2,(H2,29,34)/t20?,21-,22+,23-/m0/s1. The van der Waals surface area contributed by atoms with Crippen LogP contribution in [0.25, 0.3) is 0 Å². The minimum absolute atomic E-state index is 0.0236. The molecule has 35 heavy (non-hydrogen) atoms. The van der Waals surface area contributed by atoms with Crippen LogP contribution in [0.15, 0.2) is 24.3 Å². The summed E-state index contributed by atoms with van der Waals surface area (Å²) in [6, 6.07) is 8.28. The van der Waals surface area contributed by atoms with Gasteiger partial charge in [-0.3, -0.25) is 14.5 Å². The summed E-state index contributed by atoms with van der Waals surface area (Å²) in [5, 5.41) is 19.3. The van der Waals surface area contributed by atoms with E-state index in [-0.39, 0.29) is 18.8 Å². The molecule has 1 aromatic carbocycles. The van der Waals surface area contributed by atoms with Gasteiger partial charge in [-0.1, -0.05) is 12.1 Å². The number of alkyl halides is 2. The Morgan fingerprint density at radius 2 is 1.80 bits per heavy atom. The van der Waals surface area contributed by atoms with Crippen molar-refractivity contribution in [2.24, 2.45) is 11.7 Å². The second-order valence-corrected chi connectivity index (χ2v) is 10.6. The number of primary amides is 1. The molecule has 1 saturated carbocycles. The van der Waals surface area contributed by atoms with Crippen molar-refractivity contribution in [3.05, 3.63) is 35.4 Å². The summed E-state index contributed by atoms with van der Waals surface area (Å²) >= 11 is 0. The number of nitrogens with two attached hydrogens (primary N) is 1.